The summed E-state index contributed by atoms with van der Waals surface area (Å²) in [6.45, 7) is 2.72. The summed E-state index contributed by atoms with van der Waals surface area (Å²) in [5.74, 6) is 0.602. The molecular formula is C24H21Cl2NO3. The summed E-state index contributed by atoms with van der Waals surface area (Å²) in [7, 11) is 0. The van der Waals surface area contributed by atoms with Crippen molar-refractivity contribution in [1.82, 2.24) is 5.32 Å². The van der Waals surface area contributed by atoms with Gasteiger partial charge in [-0.2, -0.15) is 0 Å². The zero-order valence-electron chi connectivity index (χ0n) is 16.5. The van der Waals surface area contributed by atoms with E-state index in [2.05, 4.69) is 29.6 Å². The molecule has 0 unspecified atom stereocenters. The summed E-state index contributed by atoms with van der Waals surface area (Å²) in [6, 6.07) is 19.9. The normalized spacial score (nSPS) is 12.2. The molecule has 0 bridgehead atoms. The number of carbonyl (C=O) groups excluding carboxylic acids is 1. The number of hydrogen-bond donors (Lipinski definition) is 1. The van der Waals surface area contributed by atoms with Crippen LogP contribution in [-0.4, -0.2) is 25.9 Å². The molecule has 1 aliphatic rings. The van der Waals surface area contributed by atoms with Gasteiger partial charge < -0.3 is 14.8 Å². The van der Waals surface area contributed by atoms with Crippen molar-refractivity contribution in [2.75, 3.05) is 19.8 Å². The van der Waals surface area contributed by atoms with E-state index in [-0.39, 0.29) is 19.1 Å². The zero-order valence-corrected chi connectivity index (χ0v) is 18.0. The topological polar surface area (TPSA) is 47.6 Å². The standard InChI is InChI=1S/C24H21Cl2NO3/c1-15-12-16(25)13-22(26)23(15)29-11-10-27-24(28)30-14-21-19-8-4-2-6-17(19)18-7-3-5-9-20(18)21/h2-9,12-13,21H,10-11,14H2,1H3,(H,27,28). The highest BCUT2D eigenvalue weighted by atomic mass is 35.5. The Hall–Kier alpha value is -2.69. The molecule has 3 aromatic rings. The number of rotatable bonds is 6. The molecule has 0 aliphatic heterocycles. The van der Waals surface area contributed by atoms with Crippen molar-refractivity contribution in [2.24, 2.45) is 0 Å². The number of alkyl carbamates (subject to hydrolysis) is 1. The van der Waals surface area contributed by atoms with Crippen LogP contribution in [0, 0.1) is 6.92 Å². The molecule has 0 spiro atoms. The van der Waals surface area contributed by atoms with Crippen molar-refractivity contribution in [3.8, 4) is 16.9 Å². The predicted octanol–water partition coefficient (Wildman–Crippen LogP) is 6.22. The van der Waals surface area contributed by atoms with E-state index in [0.29, 0.717) is 22.3 Å². The smallest absolute Gasteiger partial charge is 0.407 e. The Morgan fingerprint density at radius 2 is 1.63 bits per heavy atom. The third-order valence-electron chi connectivity index (χ3n) is 5.16. The minimum Gasteiger partial charge on any atom is -0.490 e. The average Bonchev–Trinajstić information content (AvgIpc) is 3.05. The highest BCUT2D eigenvalue weighted by Crippen LogP contribution is 2.44. The molecule has 154 valence electrons. The average molecular weight is 442 g/mol. The molecule has 4 rings (SSSR count). The first kappa shape index (κ1) is 20.6. The minimum absolute atomic E-state index is 0.0370. The molecule has 1 amide bonds. The van der Waals surface area contributed by atoms with Gasteiger partial charge in [0.05, 0.1) is 11.6 Å². The van der Waals surface area contributed by atoms with E-state index in [1.54, 1.807) is 12.1 Å². The maximum absolute atomic E-state index is 12.2. The van der Waals surface area contributed by atoms with Crippen LogP contribution in [0.15, 0.2) is 60.7 Å². The second kappa shape index (κ2) is 8.99. The number of amides is 1. The van der Waals surface area contributed by atoms with E-state index < -0.39 is 6.09 Å². The van der Waals surface area contributed by atoms with Crippen LogP contribution in [0.2, 0.25) is 10.0 Å². The second-order valence-corrected chi connectivity index (χ2v) is 7.98. The van der Waals surface area contributed by atoms with Gasteiger partial charge in [-0.3, -0.25) is 0 Å². The highest BCUT2D eigenvalue weighted by molar-refractivity contribution is 6.35. The van der Waals surface area contributed by atoms with Gasteiger partial charge in [0.1, 0.15) is 19.0 Å². The van der Waals surface area contributed by atoms with Crippen LogP contribution >= 0.6 is 23.2 Å². The Balaban J connectivity index is 1.30. The molecule has 0 fully saturated rings. The lowest BCUT2D eigenvalue weighted by Crippen LogP contribution is -2.30. The van der Waals surface area contributed by atoms with E-state index in [0.717, 1.165) is 5.56 Å². The van der Waals surface area contributed by atoms with Crippen LogP contribution in [0.1, 0.15) is 22.6 Å². The van der Waals surface area contributed by atoms with Crippen molar-refractivity contribution >= 4 is 29.3 Å². The Labute approximate surface area is 185 Å². The molecule has 0 atom stereocenters. The summed E-state index contributed by atoms with van der Waals surface area (Å²) >= 11 is 12.1. The molecule has 0 saturated carbocycles. The van der Waals surface area contributed by atoms with Crippen LogP contribution in [0.5, 0.6) is 5.75 Å². The number of nitrogens with one attached hydrogen (secondary N) is 1. The molecule has 4 nitrogen and oxygen atoms in total. The summed E-state index contributed by atoms with van der Waals surface area (Å²) in [5, 5.41) is 3.72. The van der Waals surface area contributed by atoms with Gasteiger partial charge in [-0.25, -0.2) is 4.79 Å². The number of aryl methyl sites for hydroxylation is 1. The van der Waals surface area contributed by atoms with Gasteiger partial charge >= 0.3 is 6.09 Å². The van der Waals surface area contributed by atoms with Crippen LogP contribution in [0.3, 0.4) is 0 Å². The first-order valence-electron chi connectivity index (χ1n) is 9.72. The first-order valence-corrected chi connectivity index (χ1v) is 10.5. The monoisotopic (exact) mass is 441 g/mol. The van der Waals surface area contributed by atoms with Gasteiger partial charge in [0.15, 0.2) is 0 Å². The summed E-state index contributed by atoms with van der Waals surface area (Å²) in [4.78, 5) is 12.2. The van der Waals surface area contributed by atoms with Crippen molar-refractivity contribution in [2.45, 2.75) is 12.8 Å². The van der Waals surface area contributed by atoms with Gasteiger partial charge in [0.2, 0.25) is 0 Å². The van der Waals surface area contributed by atoms with Gasteiger partial charge in [-0.1, -0.05) is 71.7 Å². The van der Waals surface area contributed by atoms with E-state index in [1.807, 2.05) is 31.2 Å². The van der Waals surface area contributed by atoms with Crippen LogP contribution < -0.4 is 10.1 Å². The molecule has 1 aliphatic carbocycles. The maximum Gasteiger partial charge on any atom is 0.407 e. The number of halogens is 2. The van der Waals surface area contributed by atoms with Crippen molar-refractivity contribution in [3.63, 3.8) is 0 Å². The van der Waals surface area contributed by atoms with Crippen molar-refractivity contribution in [3.05, 3.63) is 87.4 Å². The molecule has 0 aromatic heterocycles. The molecule has 3 aromatic carbocycles. The predicted molar refractivity (Wildman–Crippen MR) is 120 cm³/mol. The van der Waals surface area contributed by atoms with Crippen LogP contribution in [-0.2, 0) is 4.74 Å². The molecule has 6 heteroatoms. The fourth-order valence-corrected chi connectivity index (χ4v) is 4.48. The third kappa shape index (κ3) is 4.25. The molecule has 0 heterocycles. The molecule has 0 saturated heterocycles. The third-order valence-corrected chi connectivity index (χ3v) is 5.65. The van der Waals surface area contributed by atoms with Gasteiger partial charge in [0, 0.05) is 10.9 Å². The van der Waals surface area contributed by atoms with E-state index in [4.69, 9.17) is 32.7 Å². The molecule has 0 radical (unpaired) electrons. The number of fused-ring (bicyclic) bond motifs is 3. The van der Waals surface area contributed by atoms with E-state index in [9.17, 15) is 4.79 Å². The number of carbonyl (C=O) groups is 1. The SMILES string of the molecule is Cc1cc(Cl)cc(Cl)c1OCCNC(=O)OCC1c2ccccc2-c2ccccc21. The van der Waals surface area contributed by atoms with Crippen LogP contribution in [0.4, 0.5) is 4.79 Å². The summed E-state index contributed by atoms with van der Waals surface area (Å²) in [6.07, 6.45) is -0.473. The number of benzene rings is 3. The highest BCUT2D eigenvalue weighted by Gasteiger charge is 2.28. The fourth-order valence-electron chi connectivity index (χ4n) is 3.83. The lowest BCUT2D eigenvalue weighted by atomic mass is 9.98. The minimum atomic E-state index is -0.473. The quantitative estimate of drug-likeness (QED) is 0.461. The second-order valence-electron chi connectivity index (χ2n) is 7.13. The van der Waals surface area contributed by atoms with Gasteiger partial charge in [-0.15, -0.1) is 0 Å². The molecule has 1 N–H and O–H groups in total. The van der Waals surface area contributed by atoms with Gasteiger partial charge in [-0.05, 0) is 46.9 Å². The molecular weight excluding hydrogens is 421 g/mol. The Bertz CT molecular complexity index is 1020. The summed E-state index contributed by atoms with van der Waals surface area (Å²) < 4.78 is 11.2. The van der Waals surface area contributed by atoms with Gasteiger partial charge in [0.25, 0.3) is 0 Å². The summed E-state index contributed by atoms with van der Waals surface area (Å²) in [5.41, 5.74) is 5.61. The number of ether oxygens (including phenoxy) is 2. The van der Waals surface area contributed by atoms with E-state index >= 15 is 0 Å². The van der Waals surface area contributed by atoms with Crippen molar-refractivity contribution in [1.29, 1.82) is 0 Å². The molecule has 30 heavy (non-hydrogen) atoms. The van der Waals surface area contributed by atoms with Crippen LogP contribution in [0.25, 0.3) is 11.1 Å². The zero-order chi connectivity index (χ0) is 21.1. The Morgan fingerprint density at radius 1 is 1.00 bits per heavy atom. The Kier molecular flexibility index (Phi) is 6.16. The first-order chi connectivity index (χ1) is 14.5. The number of hydrogen-bond acceptors (Lipinski definition) is 3. The fraction of sp³-hybridized carbons (Fsp3) is 0.208. The van der Waals surface area contributed by atoms with E-state index in [1.165, 1.54) is 22.3 Å². The largest absolute Gasteiger partial charge is 0.490 e. The Morgan fingerprint density at radius 3 is 2.27 bits per heavy atom. The van der Waals surface area contributed by atoms with Crippen molar-refractivity contribution < 1.29 is 14.3 Å². The maximum atomic E-state index is 12.2. The lowest BCUT2D eigenvalue weighted by molar-refractivity contribution is 0.141. The lowest BCUT2D eigenvalue weighted by Gasteiger charge is -2.15.